The maximum absolute atomic E-state index is 13.6. The summed E-state index contributed by atoms with van der Waals surface area (Å²) in [5.41, 5.74) is 3.24. The van der Waals surface area contributed by atoms with Gasteiger partial charge in [-0.1, -0.05) is 67.0 Å². The number of benzene rings is 2. The number of amidine groups is 1. The van der Waals surface area contributed by atoms with Gasteiger partial charge in [0.25, 0.3) is 0 Å². The molecule has 3 rings (SSSR count). The van der Waals surface area contributed by atoms with Crippen LogP contribution in [-0.4, -0.2) is 40.6 Å². The summed E-state index contributed by atoms with van der Waals surface area (Å²) in [6.07, 6.45) is 1.97. The summed E-state index contributed by atoms with van der Waals surface area (Å²) < 4.78 is 0. The fourth-order valence-electron chi connectivity index (χ4n) is 5.30. The van der Waals surface area contributed by atoms with Crippen LogP contribution in [0.4, 0.5) is 5.69 Å². The van der Waals surface area contributed by atoms with Crippen molar-refractivity contribution in [2.24, 2.45) is 5.92 Å². The van der Waals surface area contributed by atoms with Gasteiger partial charge in [-0.25, -0.2) is 0 Å². The van der Waals surface area contributed by atoms with Crippen LogP contribution in [0.1, 0.15) is 101 Å². The molecule has 1 fully saturated rings. The second kappa shape index (κ2) is 10.7. The van der Waals surface area contributed by atoms with E-state index in [0.717, 1.165) is 35.2 Å². The molecule has 0 aromatic heterocycles. The van der Waals surface area contributed by atoms with Crippen molar-refractivity contribution in [1.82, 2.24) is 4.90 Å². The maximum atomic E-state index is 13.6. The number of Topliss-reactive ketones (excluding diaryl/α,β-unsaturated/α-hetero) is 1. The molecule has 2 aromatic carbocycles. The molecule has 1 heterocycles. The van der Waals surface area contributed by atoms with E-state index in [2.05, 4.69) is 12.2 Å². The average Bonchev–Trinajstić information content (AvgIpc) is 3.07. The van der Waals surface area contributed by atoms with Crippen molar-refractivity contribution in [3.8, 4) is 5.75 Å². The molecular weight excluding hydrogens is 462 g/mol. The minimum atomic E-state index is -0.318. The smallest absolute Gasteiger partial charge is 0.221 e. The number of phenols is 1. The molecule has 37 heavy (non-hydrogen) atoms. The normalized spacial score (nSPS) is 18.3. The lowest BCUT2D eigenvalue weighted by atomic mass is 9.78. The van der Waals surface area contributed by atoms with E-state index >= 15 is 0 Å². The highest BCUT2D eigenvalue weighted by molar-refractivity contribution is 6.01. The molecule has 0 saturated carbocycles. The van der Waals surface area contributed by atoms with Crippen LogP contribution in [0.25, 0.3) is 0 Å². The van der Waals surface area contributed by atoms with E-state index in [-0.39, 0.29) is 46.7 Å². The van der Waals surface area contributed by atoms with Crippen molar-refractivity contribution in [2.75, 3.05) is 18.4 Å². The highest BCUT2D eigenvalue weighted by Gasteiger charge is 2.39. The molecule has 6 nitrogen and oxygen atoms in total. The zero-order valence-electron chi connectivity index (χ0n) is 23.7. The third kappa shape index (κ3) is 6.41. The van der Waals surface area contributed by atoms with Gasteiger partial charge in [0.1, 0.15) is 11.6 Å². The fourth-order valence-corrected chi connectivity index (χ4v) is 5.30. The van der Waals surface area contributed by atoms with Gasteiger partial charge in [-0.3, -0.25) is 15.0 Å². The van der Waals surface area contributed by atoms with Gasteiger partial charge in [0.2, 0.25) is 5.91 Å². The van der Waals surface area contributed by atoms with E-state index in [1.165, 1.54) is 6.92 Å². The first-order chi connectivity index (χ1) is 17.1. The van der Waals surface area contributed by atoms with E-state index in [1.54, 1.807) is 0 Å². The topological polar surface area (TPSA) is 93.5 Å². The number of hydrogen-bond acceptors (Lipinski definition) is 4. The summed E-state index contributed by atoms with van der Waals surface area (Å²) in [5.74, 6) is 0.716. The zero-order valence-corrected chi connectivity index (χ0v) is 23.7. The number of aromatic hydroxyl groups is 1. The maximum Gasteiger partial charge on any atom is 0.221 e. The lowest BCUT2D eigenvalue weighted by Gasteiger charge is -2.28. The quantitative estimate of drug-likeness (QED) is 0.369. The van der Waals surface area contributed by atoms with Crippen LogP contribution in [0.5, 0.6) is 5.75 Å². The summed E-state index contributed by atoms with van der Waals surface area (Å²) in [6.45, 7) is 16.7. The van der Waals surface area contributed by atoms with Crippen LogP contribution in [-0.2, 0) is 15.6 Å². The SMILES string of the molecule is CCCC1CN(CC(=O)c2cc(C(C)(C)C)c(O)c(C(C)(C)C)c2)C(=N)C1c1ccc(NC(C)=O)cc1. The molecule has 2 unspecified atom stereocenters. The molecule has 1 amide bonds. The Labute approximate surface area is 222 Å². The number of ketones is 1. The second-order valence-corrected chi connectivity index (χ2v) is 12.4. The first-order valence-electron chi connectivity index (χ1n) is 13.3. The first-order valence-corrected chi connectivity index (χ1v) is 13.3. The van der Waals surface area contributed by atoms with Crippen LogP contribution >= 0.6 is 0 Å². The predicted octanol–water partition coefficient (Wildman–Crippen LogP) is 6.62. The molecule has 1 saturated heterocycles. The number of likely N-dealkylation sites (tertiary alicyclic amines) is 1. The summed E-state index contributed by atoms with van der Waals surface area (Å²) in [7, 11) is 0. The molecule has 200 valence electrons. The van der Waals surface area contributed by atoms with Crippen molar-refractivity contribution in [1.29, 1.82) is 5.41 Å². The van der Waals surface area contributed by atoms with Crippen LogP contribution in [0.15, 0.2) is 36.4 Å². The molecule has 0 spiro atoms. The Morgan fingerprint density at radius 3 is 2.03 bits per heavy atom. The molecule has 3 N–H and O–H groups in total. The predicted molar refractivity (Wildman–Crippen MR) is 151 cm³/mol. The first kappa shape index (κ1) is 28.4. The Morgan fingerprint density at radius 1 is 1.03 bits per heavy atom. The number of anilines is 1. The Hall–Kier alpha value is -3.15. The standard InChI is InChI=1S/C31H43N3O3/c1-9-10-21-17-34(29(32)27(21)20-11-13-23(14-12-20)33-19(2)35)18-26(36)22-15-24(30(3,4)5)28(37)25(16-22)31(6,7)8/h11-16,21,27,32,37H,9-10,17-18H2,1-8H3,(H,33,35). The Balaban J connectivity index is 1.90. The molecule has 1 aliphatic heterocycles. The number of carbonyl (C=O) groups excluding carboxylic acids is 2. The van der Waals surface area contributed by atoms with E-state index in [9.17, 15) is 14.7 Å². The van der Waals surface area contributed by atoms with Crippen molar-refractivity contribution < 1.29 is 14.7 Å². The number of phenolic OH excluding ortho intramolecular Hbond substituents is 1. The molecular formula is C31H43N3O3. The Kier molecular flexibility index (Phi) is 8.21. The summed E-state index contributed by atoms with van der Waals surface area (Å²) in [4.78, 5) is 26.9. The van der Waals surface area contributed by atoms with Gasteiger partial charge in [0.05, 0.1) is 6.54 Å². The third-order valence-electron chi connectivity index (χ3n) is 7.19. The molecule has 2 atom stereocenters. The number of hydrogen-bond donors (Lipinski definition) is 3. The van der Waals surface area contributed by atoms with Gasteiger partial charge < -0.3 is 15.3 Å². The second-order valence-electron chi connectivity index (χ2n) is 12.4. The van der Waals surface area contributed by atoms with Gasteiger partial charge >= 0.3 is 0 Å². The highest BCUT2D eigenvalue weighted by Crippen LogP contribution is 2.41. The summed E-state index contributed by atoms with van der Waals surface area (Å²) >= 11 is 0. The molecule has 6 heteroatoms. The van der Waals surface area contributed by atoms with Gasteiger partial charge in [-0.2, -0.15) is 0 Å². The Morgan fingerprint density at radius 2 is 1.57 bits per heavy atom. The summed E-state index contributed by atoms with van der Waals surface area (Å²) in [6, 6.07) is 11.4. The molecule has 2 aromatic rings. The minimum absolute atomic E-state index is 0.0438. The van der Waals surface area contributed by atoms with Gasteiger partial charge in [-0.15, -0.1) is 0 Å². The number of nitrogens with zero attached hydrogens (tertiary/aromatic N) is 1. The number of nitrogens with one attached hydrogen (secondary N) is 2. The zero-order chi connectivity index (χ0) is 27.7. The lowest BCUT2D eigenvalue weighted by Crippen LogP contribution is -2.32. The number of carbonyl (C=O) groups is 2. The number of rotatable bonds is 7. The van der Waals surface area contributed by atoms with E-state index in [0.29, 0.717) is 17.9 Å². The third-order valence-corrected chi connectivity index (χ3v) is 7.19. The molecule has 0 aliphatic carbocycles. The Bertz CT molecular complexity index is 1130. The molecule has 1 aliphatic rings. The van der Waals surface area contributed by atoms with Crippen LogP contribution in [0.3, 0.4) is 0 Å². The van der Waals surface area contributed by atoms with E-state index in [4.69, 9.17) is 5.41 Å². The van der Waals surface area contributed by atoms with Crippen molar-refractivity contribution in [3.05, 3.63) is 58.7 Å². The fraction of sp³-hybridized carbons (Fsp3) is 0.516. The highest BCUT2D eigenvalue weighted by atomic mass is 16.3. The van der Waals surface area contributed by atoms with Gasteiger partial charge in [0.15, 0.2) is 5.78 Å². The van der Waals surface area contributed by atoms with Crippen LogP contribution in [0.2, 0.25) is 0 Å². The minimum Gasteiger partial charge on any atom is -0.507 e. The van der Waals surface area contributed by atoms with Crippen molar-refractivity contribution in [3.63, 3.8) is 0 Å². The molecule has 0 bridgehead atoms. The largest absolute Gasteiger partial charge is 0.507 e. The monoisotopic (exact) mass is 505 g/mol. The van der Waals surface area contributed by atoms with Gasteiger partial charge in [-0.05, 0) is 53.0 Å². The van der Waals surface area contributed by atoms with Crippen molar-refractivity contribution >= 4 is 23.2 Å². The average molecular weight is 506 g/mol. The summed E-state index contributed by atoms with van der Waals surface area (Å²) in [5, 5.41) is 22.8. The van der Waals surface area contributed by atoms with E-state index < -0.39 is 0 Å². The van der Waals surface area contributed by atoms with Crippen LogP contribution in [0, 0.1) is 11.3 Å². The van der Waals surface area contributed by atoms with Crippen LogP contribution < -0.4 is 5.32 Å². The van der Waals surface area contributed by atoms with E-state index in [1.807, 2.05) is 82.8 Å². The van der Waals surface area contributed by atoms with Gasteiger partial charge in [0, 0.05) is 41.8 Å². The number of amides is 1. The lowest BCUT2D eigenvalue weighted by molar-refractivity contribution is -0.114. The van der Waals surface area contributed by atoms with Crippen molar-refractivity contribution in [2.45, 2.75) is 85.0 Å². The molecule has 0 radical (unpaired) electrons.